The standard InChI is InChI=1S/C13H17N7O/c1-8(7-19(2)3)20-10-4-5-15-6-9(10)16-13(20)11-12(14)18-21-17-11/h4-6,8H,7H2,1-3H3,(H2,14,18). The second-order valence-electron chi connectivity index (χ2n) is 5.28. The van der Waals surface area contributed by atoms with Crippen LogP contribution in [0.15, 0.2) is 23.1 Å². The highest BCUT2D eigenvalue weighted by molar-refractivity contribution is 5.80. The summed E-state index contributed by atoms with van der Waals surface area (Å²) < 4.78 is 6.80. The number of hydrogen-bond acceptors (Lipinski definition) is 7. The van der Waals surface area contributed by atoms with Gasteiger partial charge < -0.3 is 15.2 Å². The molecule has 3 rings (SSSR count). The average Bonchev–Trinajstić information content (AvgIpc) is 3.00. The van der Waals surface area contributed by atoms with Crippen LogP contribution in [0.5, 0.6) is 0 Å². The molecule has 21 heavy (non-hydrogen) atoms. The third kappa shape index (κ3) is 2.33. The zero-order valence-electron chi connectivity index (χ0n) is 12.2. The van der Waals surface area contributed by atoms with Gasteiger partial charge in [0.2, 0.25) is 0 Å². The van der Waals surface area contributed by atoms with Crippen LogP contribution in [0.3, 0.4) is 0 Å². The largest absolute Gasteiger partial charge is 0.379 e. The highest BCUT2D eigenvalue weighted by atomic mass is 16.6. The highest BCUT2D eigenvalue weighted by Gasteiger charge is 2.22. The van der Waals surface area contributed by atoms with Crippen LogP contribution in [-0.4, -0.2) is 50.4 Å². The van der Waals surface area contributed by atoms with E-state index in [1.165, 1.54) is 0 Å². The SMILES string of the molecule is CC(CN(C)C)n1c(-c2nonc2N)nc2cnccc21. The van der Waals surface area contributed by atoms with Crippen LogP contribution in [0.25, 0.3) is 22.6 Å². The predicted molar refractivity (Wildman–Crippen MR) is 78.5 cm³/mol. The molecule has 8 heteroatoms. The number of nitrogen functional groups attached to an aromatic ring is 1. The fourth-order valence-corrected chi connectivity index (χ4v) is 2.52. The highest BCUT2D eigenvalue weighted by Crippen LogP contribution is 2.29. The molecule has 0 amide bonds. The van der Waals surface area contributed by atoms with Gasteiger partial charge in [-0.3, -0.25) is 4.98 Å². The molecule has 0 aromatic carbocycles. The maximum Gasteiger partial charge on any atom is 0.199 e. The molecule has 3 heterocycles. The second kappa shape index (κ2) is 5.13. The summed E-state index contributed by atoms with van der Waals surface area (Å²) in [5.41, 5.74) is 8.05. The zero-order valence-corrected chi connectivity index (χ0v) is 12.2. The lowest BCUT2D eigenvalue weighted by Gasteiger charge is -2.20. The third-order valence-corrected chi connectivity index (χ3v) is 3.29. The van der Waals surface area contributed by atoms with E-state index in [9.17, 15) is 0 Å². The Morgan fingerprint density at radius 2 is 2.19 bits per heavy atom. The van der Waals surface area contributed by atoms with Crippen molar-refractivity contribution < 1.29 is 4.63 Å². The zero-order chi connectivity index (χ0) is 15.0. The monoisotopic (exact) mass is 287 g/mol. The van der Waals surface area contributed by atoms with E-state index in [2.05, 4.69) is 36.7 Å². The van der Waals surface area contributed by atoms with Crippen molar-refractivity contribution in [3.8, 4) is 11.5 Å². The Labute approximate surface area is 121 Å². The van der Waals surface area contributed by atoms with Gasteiger partial charge in [0.05, 0.1) is 11.7 Å². The Bertz CT molecular complexity index is 761. The smallest absolute Gasteiger partial charge is 0.199 e. The van der Waals surface area contributed by atoms with Gasteiger partial charge in [-0.05, 0) is 37.4 Å². The van der Waals surface area contributed by atoms with Crippen LogP contribution < -0.4 is 5.73 Å². The number of fused-ring (bicyclic) bond motifs is 1. The summed E-state index contributed by atoms with van der Waals surface area (Å²) in [5.74, 6) is 0.877. The minimum Gasteiger partial charge on any atom is -0.379 e. The van der Waals surface area contributed by atoms with E-state index in [4.69, 9.17) is 10.4 Å². The van der Waals surface area contributed by atoms with Crippen LogP contribution in [0.4, 0.5) is 5.82 Å². The maximum atomic E-state index is 5.82. The fraction of sp³-hybridized carbons (Fsp3) is 0.385. The van der Waals surface area contributed by atoms with Crippen molar-refractivity contribution in [2.24, 2.45) is 0 Å². The molecule has 0 aliphatic carbocycles. The van der Waals surface area contributed by atoms with Gasteiger partial charge in [0.1, 0.15) is 5.52 Å². The van der Waals surface area contributed by atoms with E-state index in [1.54, 1.807) is 12.4 Å². The summed E-state index contributed by atoms with van der Waals surface area (Å²) in [4.78, 5) is 10.8. The molecular formula is C13H17N7O. The van der Waals surface area contributed by atoms with Crippen LogP contribution in [0.1, 0.15) is 13.0 Å². The van der Waals surface area contributed by atoms with Crippen molar-refractivity contribution >= 4 is 16.9 Å². The topological polar surface area (TPSA) is 98.9 Å². The molecule has 110 valence electrons. The van der Waals surface area contributed by atoms with E-state index in [0.717, 1.165) is 17.6 Å². The number of anilines is 1. The Morgan fingerprint density at radius 3 is 2.86 bits per heavy atom. The lowest BCUT2D eigenvalue weighted by Crippen LogP contribution is -2.23. The first kappa shape index (κ1) is 13.5. The molecule has 1 atom stereocenters. The van der Waals surface area contributed by atoms with Gasteiger partial charge in [-0.1, -0.05) is 0 Å². The van der Waals surface area contributed by atoms with Crippen molar-refractivity contribution in [1.29, 1.82) is 0 Å². The first-order chi connectivity index (χ1) is 10.1. The summed E-state index contributed by atoms with van der Waals surface area (Å²) in [5, 5.41) is 7.51. The summed E-state index contributed by atoms with van der Waals surface area (Å²) in [7, 11) is 4.06. The van der Waals surface area contributed by atoms with Crippen LogP contribution >= 0.6 is 0 Å². The van der Waals surface area contributed by atoms with Crippen molar-refractivity contribution in [2.75, 3.05) is 26.4 Å². The normalized spacial score (nSPS) is 13.1. The minimum absolute atomic E-state index is 0.179. The molecule has 0 aliphatic rings. The first-order valence-corrected chi connectivity index (χ1v) is 6.63. The molecule has 0 saturated carbocycles. The Morgan fingerprint density at radius 1 is 1.38 bits per heavy atom. The number of pyridine rings is 1. The molecule has 0 bridgehead atoms. The van der Waals surface area contributed by atoms with E-state index in [-0.39, 0.29) is 11.9 Å². The fourth-order valence-electron chi connectivity index (χ4n) is 2.52. The van der Waals surface area contributed by atoms with Crippen molar-refractivity contribution in [3.63, 3.8) is 0 Å². The quantitative estimate of drug-likeness (QED) is 0.769. The third-order valence-electron chi connectivity index (χ3n) is 3.29. The van der Waals surface area contributed by atoms with Gasteiger partial charge >= 0.3 is 0 Å². The molecule has 2 N–H and O–H groups in total. The van der Waals surface area contributed by atoms with Crippen LogP contribution in [0.2, 0.25) is 0 Å². The summed E-state index contributed by atoms with van der Waals surface area (Å²) in [6.07, 6.45) is 3.47. The van der Waals surface area contributed by atoms with E-state index in [0.29, 0.717) is 11.5 Å². The summed E-state index contributed by atoms with van der Waals surface area (Å²) >= 11 is 0. The van der Waals surface area contributed by atoms with Gasteiger partial charge in [-0.25, -0.2) is 9.61 Å². The number of imidazole rings is 1. The van der Waals surface area contributed by atoms with E-state index < -0.39 is 0 Å². The molecule has 0 saturated heterocycles. The molecule has 0 radical (unpaired) electrons. The van der Waals surface area contributed by atoms with Crippen molar-refractivity contribution in [3.05, 3.63) is 18.5 Å². The molecule has 0 aliphatic heterocycles. The molecule has 1 unspecified atom stereocenters. The number of nitrogens with two attached hydrogens (primary N) is 1. The minimum atomic E-state index is 0.179. The lowest BCUT2D eigenvalue weighted by atomic mass is 10.2. The summed E-state index contributed by atoms with van der Waals surface area (Å²) in [6.45, 7) is 2.97. The molecule has 0 fully saturated rings. The molecule has 3 aromatic rings. The second-order valence-corrected chi connectivity index (χ2v) is 5.28. The first-order valence-electron chi connectivity index (χ1n) is 6.63. The number of aromatic nitrogens is 5. The van der Waals surface area contributed by atoms with Gasteiger partial charge in [0.15, 0.2) is 17.3 Å². The number of likely N-dealkylation sites (N-methyl/N-ethyl adjacent to an activating group) is 1. The molecular weight excluding hydrogens is 270 g/mol. The number of rotatable bonds is 4. The Balaban J connectivity index is 2.21. The van der Waals surface area contributed by atoms with Crippen molar-refractivity contribution in [2.45, 2.75) is 13.0 Å². The Hall–Kier alpha value is -2.48. The van der Waals surface area contributed by atoms with E-state index in [1.807, 2.05) is 20.2 Å². The van der Waals surface area contributed by atoms with E-state index >= 15 is 0 Å². The maximum absolute atomic E-state index is 5.82. The lowest BCUT2D eigenvalue weighted by molar-refractivity contribution is 0.309. The van der Waals surface area contributed by atoms with Gasteiger partial charge in [0.25, 0.3) is 0 Å². The van der Waals surface area contributed by atoms with Gasteiger partial charge in [-0.15, -0.1) is 0 Å². The molecule has 0 spiro atoms. The average molecular weight is 287 g/mol. The summed E-state index contributed by atoms with van der Waals surface area (Å²) in [6, 6.07) is 2.11. The number of nitrogens with zero attached hydrogens (tertiary/aromatic N) is 6. The van der Waals surface area contributed by atoms with Crippen LogP contribution in [-0.2, 0) is 0 Å². The van der Waals surface area contributed by atoms with Gasteiger partial charge in [-0.2, -0.15) is 0 Å². The molecule has 3 aromatic heterocycles. The van der Waals surface area contributed by atoms with Crippen molar-refractivity contribution in [1.82, 2.24) is 29.7 Å². The van der Waals surface area contributed by atoms with Gasteiger partial charge in [0, 0.05) is 18.8 Å². The van der Waals surface area contributed by atoms with Crippen LogP contribution in [0, 0.1) is 0 Å². The predicted octanol–water partition coefficient (Wildman–Crippen LogP) is 1.19. The number of hydrogen-bond donors (Lipinski definition) is 1. The molecule has 8 nitrogen and oxygen atoms in total. The Kier molecular flexibility index (Phi) is 3.30.